The molecule has 0 radical (unpaired) electrons. The van der Waals surface area contributed by atoms with Crippen molar-refractivity contribution in [3.05, 3.63) is 41.9 Å². The number of hydrogen-bond donors (Lipinski definition) is 2. The molecule has 10 nitrogen and oxygen atoms in total. The number of rotatable bonds is 2. The lowest BCUT2D eigenvalue weighted by atomic mass is 10.4. The van der Waals surface area contributed by atoms with Crippen LogP contribution in [0.25, 0.3) is 22.3 Å². The van der Waals surface area contributed by atoms with Gasteiger partial charge in [0.15, 0.2) is 20.8 Å². The van der Waals surface area contributed by atoms with E-state index in [1.165, 1.54) is 9.13 Å². The molecule has 0 amide bonds. The van der Waals surface area contributed by atoms with E-state index >= 15 is 0 Å². The van der Waals surface area contributed by atoms with Gasteiger partial charge in [0.1, 0.15) is 22.7 Å². The van der Waals surface area contributed by atoms with Gasteiger partial charge in [-0.25, -0.2) is 9.97 Å². The molecule has 0 aliphatic heterocycles. The average molecular weight is 404 g/mol. The zero-order valence-electron chi connectivity index (χ0n) is 15.0. The molecule has 2 N–H and O–H groups in total. The summed E-state index contributed by atoms with van der Waals surface area (Å²) >= 11 is 10.5. The van der Waals surface area contributed by atoms with Crippen LogP contribution in [0.2, 0.25) is 0 Å². The van der Waals surface area contributed by atoms with E-state index in [4.69, 9.17) is 24.4 Å². The van der Waals surface area contributed by atoms with Gasteiger partial charge < -0.3 is 19.1 Å². The number of hydrogen-bond acceptors (Lipinski definition) is 6. The van der Waals surface area contributed by atoms with Crippen LogP contribution >= 0.6 is 24.4 Å². The summed E-state index contributed by atoms with van der Waals surface area (Å²) in [7, 11) is 6.74. The first kappa shape index (κ1) is 17.5. The van der Waals surface area contributed by atoms with Crippen LogP contribution in [-0.4, -0.2) is 38.2 Å². The van der Waals surface area contributed by atoms with E-state index in [0.717, 1.165) is 0 Å². The Hall–Kier alpha value is -2.86. The van der Waals surface area contributed by atoms with Crippen molar-refractivity contribution in [3.8, 4) is 0 Å². The molecule has 12 heteroatoms. The van der Waals surface area contributed by atoms with Gasteiger partial charge >= 0.3 is 0 Å². The number of imidazole rings is 2. The van der Waals surface area contributed by atoms with Crippen LogP contribution in [0, 0.1) is 9.54 Å². The molecule has 4 heterocycles. The SMILES string of the molecule is Cn1c(=O)c2[nH]c(Cc3nc4c([nH]3)c(=O)n(C)c(=S)n4C)nc2n(C)c1=S. The monoisotopic (exact) mass is 404 g/mol. The fraction of sp³-hybridized carbons (Fsp3) is 0.333. The molecule has 0 aromatic carbocycles. The van der Waals surface area contributed by atoms with Crippen LogP contribution in [-0.2, 0) is 34.6 Å². The number of aromatic amines is 2. The predicted molar refractivity (Wildman–Crippen MR) is 105 cm³/mol. The third-order valence-electron chi connectivity index (χ3n) is 4.62. The summed E-state index contributed by atoms with van der Waals surface area (Å²) in [6.45, 7) is 0. The van der Waals surface area contributed by atoms with Crippen molar-refractivity contribution in [2.24, 2.45) is 28.2 Å². The van der Waals surface area contributed by atoms with Gasteiger partial charge in [-0.15, -0.1) is 0 Å². The van der Waals surface area contributed by atoms with Crippen LogP contribution in [0.5, 0.6) is 0 Å². The molecule has 27 heavy (non-hydrogen) atoms. The Balaban J connectivity index is 1.88. The summed E-state index contributed by atoms with van der Waals surface area (Å²) in [5.74, 6) is 1.07. The summed E-state index contributed by atoms with van der Waals surface area (Å²) in [6.07, 6.45) is 0.287. The second kappa shape index (κ2) is 5.82. The molecular weight excluding hydrogens is 388 g/mol. The Kier molecular flexibility index (Phi) is 3.78. The second-order valence-electron chi connectivity index (χ2n) is 6.35. The predicted octanol–water partition coefficient (Wildman–Crippen LogP) is 0.563. The largest absolute Gasteiger partial charge is 0.336 e. The molecule has 4 aromatic heterocycles. The van der Waals surface area contributed by atoms with E-state index < -0.39 is 0 Å². The van der Waals surface area contributed by atoms with Gasteiger partial charge in [-0.1, -0.05) is 0 Å². The summed E-state index contributed by atoms with van der Waals surface area (Å²) in [5.41, 5.74) is 1.20. The van der Waals surface area contributed by atoms with Gasteiger partial charge in [0.05, 0.1) is 6.42 Å². The lowest BCUT2D eigenvalue weighted by molar-refractivity contribution is 0.741. The maximum absolute atomic E-state index is 12.4. The van der Waals surface area contributed by atoms with Crippen molar-refractivity contribution in [1.29, 1.82) is 0 Å². The van der Waals surface area contributed by atoms with E-state index in [2.05, 4.69) is 19.9 Å². The van der Waals surface area contributed by atoms with Gasteiger partial charge in [0.25, 0.3) is 11.1 Å². The van der Waals surface area contributed by atoms with Crippen molar-refractivity contribution in [2.45, 2.75) is 6.42 Å². The zero-order valence-corrected chi connectivity index (χ0v) is 16.7. The maximum Gasteiger partial charge on any atom is 0.280 e. The van der Waals surface area contributed by atoms with Crippen molar-refractivity contribution < 1.29 is 0 Å². The van der Waals surface area contributed by atoms with Crippen LogP contribution in [0.4, 0.5) is 0 Å². The molecule has 4 aromatic rings. The quantitative estimate of drug-likeness (QED) is 0.473. The molecule has 0 aliphatic carbocycles. The minimum atomic E-state index is -0.243. The Labute approximate surface area is 161 Å². The van der Waals surface area contributed by atoms with Crippen LogP contribution in [0.1, 0.15) is 11.6 Å². The fourth-order valence-electron chi connectivity index (χ4n) is 3.07. The number of fused-ring (bicyclic) bond motifs is 2. The van der Waals surface area contributed by atoms with Crippen molar-refractivity contribution in [1.82, 2.24) is 38.2 Å². The molecular formula is C15H16N8O2S2. The zero-order chi connectivity index (χ0) is 19.6. The van der Waals surface area contributed by atoms with Gasteiger partial charge in [0, 0.05) is 28.2 Å². The van der Waals surface area contributed by atoms with E-state index in [1.807, 2.05) is 0 Å². The molecule has 0 bridgehead atoms. The van der Waals surface area contributed by atoms with Crippen LogP contribution < -0.4 is 11.1 Å². The summed E-state index contributed by atoms with van der Waals surface area (Å²) in [6, 6.07) is 0. The van der Waals surface area contributed by atoms with Crippen LogP contribution in [0.3, 0.4) is 0 Å². The highest BCUT2D eigenvalue weighted by Gasteiger charge is 2.16. The molecule has 140 valence electrons. The van der Waals surface area contributed by atoms with E-state index in [0.29, 0.717) is 43.5 Å². The average Bonchev–Trinajstić information content (AvgIpc) is 3.26. The summed E-state index contributed by atoms with van der Waals surface area (Å²) in [4.78, 5) is 39.8. The Bertz CT molecular complexity index is 1360. The molecule has 0 fully saturated rings. The van der Waals surface area contributed by atoms with Crippen molar-refractivity contribution in [2.75, 3.05) is 0 Å². The standard InChI is InChI=1S/C15H16N8O2S2/c1-20-10-8(12(24)22(3)14(20)26)16-6(18-10)5-7-17-9-11(19-7)21(2)15(27)23(4)13(9)25/h5H2,1-4H3,(H,16,18)(H,17,19). The number of nitrogens with zero attached hydrogens (tertiary/aromatic N) is 6. The number of H-pyrrole nitrogens is 2. The smallest absolute Gasteiger partial charge is 0.280 e. The third-order valence-corrected chi connectivity index (χ3v) is 5.72. The topological polar surface area (TPSA) is 111 Å². The maximum atomic E-state index is 12.4. The number of aryl methyl sites for hydroxylation is 2. The number of aromatic nitrogens is 8. The first-order valence-electron chi connectivity index (χ1n) is 8.00. The molecule has 0 unspecified atom stereocenters. The Morgan fingerprint density at radius 2 is 1.11 bits per heavy atom. The van der Waals surface area contributed by atoms with E-state index in [-0.39, 0.29) is 17.5 Å². The lowest BCUT2D eigenvalue weighted by Crippen LogP contribution is -2.21. The second-order valence-corrected chi connectivity index (χ2v) is 7.08. The normalized spacial score (nSPS) is 11.7. The first-order valence-corrected chi connectivity index (χ1v) is 8.81. The fourth-order valence-corrected chi connectivity index (χ4v) is 3.41. The first-order chi connectivity index (χ1) is 12.7. The minimum absolute atomic E-state index is 0.243. The highest BCUT2D eigenvalue weighted by molar-refractivity contribution is 7.71. The van der Waals surface area contributed by atoms with Gasteiger partial charge in [-0.05, 0) is 24.4 Å². The number of nitrogens with one attached hydrogen (secondary N) is 2. The molecule has 0 saturated heterocycles. The molecule has 0 atom stereocenters. The Morgan fingerprint density at radius 1 is 0.741 bits per heavy atom. The molecule has 0 saturated carbocycles. The summed E-state index contributed by atoms with van der Waals surface area (Å²) in [5, 5.41) is 0. The highest BCUT2D eigenvalue weighted by atomic mass is 32.1. The van der Waals surface area contributed by atoms with Gasteiger partial charge in [-0.3, -0.25) is 18.7 Å². The van der Waals surface area contributed by atoms with Crippen molar-refractivity contribution >= 4 is 46.8 Å². The molecule has 0 spiro atoms. The Morgan fingerprint density at radius 3 is 1.48 bits per heavy atom. The van der Waals surface area contributed by atoms with E-state index in [1.54, 1.807) is 37.3 Å². The highest BCUT2D eigenvalue weighted by Crippen LogP contribution is 2.13. The van der Waals surface area contributed by atoms with E-state index in [9.17, 15) is 9.59 Å². The van der Waals surface area contributed by atoms with Gasteiger partial charge in [-0.2, -0.15) is 0 Å². The molecule has 0 aliphatic rings. The van der Waals surface area contributed by atoms with Gasteiger partial charge in [0.2, 0.25) is 0 Å². The minimum Gasteiger partial charge on any atom is -0.336 e. The van der Waals surface area contributed by atoms with Crippen LogP contribution in [0.15, 0.2) is 9.59 Å². The summed E-state index contributed by atoms with van der Waals surface area (Å²) < 4.78 is 6.87. The van der Waals surface area contributed by atoms with Crippen molar-refractivity contribution in [3.63, 3.8) is 0 Å². The third kappa shape index (κ3) is 2.44. The molecule has 4 rings (SSSR count). The lowest BCUT2D eigenvalue weighted by Gasteiger charge is -2.03.